The van der Waals surface area contributed by atoms with Crippen LogP contribution in [0, 0.1) is 50.2 Å². The van der Waals surface area contributed by atoms with E-state index in [4.69, 9.17) is 9.47 Å². The van der Waals surface area contributed by atoms with E-state index in [2.05, 4.69) is 54.5 Å². The number of carboxylic acid groups (broad SMARTS) is 1. The maximum Gasteiger partial charge on any atom is 0.331 e. The van der Waals surface area contributed by atoms with E-state index >= 15 is 0 Å². The van der Waals surface area contributed by atoms with Gasteiger partial charge in [-0.15, -0.1) is 0 Å². The number of phenols is 1. The monoisotopic (exact) mass is 648 g/mol. The van der Waals surface area contributed by atoms with E-state index in [9.17, 15) is 24.9 Å². The summed E-state index contributed by atoms with van der Waals surface area (Å²) in [5.74, 6) is -0.128. The van der Waals surface area contributed by atoms with E-state index in [1.165, 1.54) is 24.8 Å². The highest BCUT2D eigenvalue weighted by molar-refractivity contribution is 5.87. The highest BCUT2D eigenvalue weighted by atomic mass is 16.6. The number of aliphatic carboxylic acids is 1. The zero-order valence-electron chi connectivity index (χ0n) is 29.7. The topological polar surface area (TPSA) is 113 Å². The zero-order valence-corrected chi connectivity index (χ0v) is 29.7. The van der Waals surface area contributed by atoms with Crippen molar-refractivity contribution in [3.63, 3.8) is 0 Å². The minimum atomic E-state index is -0.803. The molecule has 0 saturated heterocycles. The fraction of sp³-hybridized carbons (Fsp3) is 0.700. The minimum Gasteiger partial charge on any atom is -0.504 e. The summed E-state index contributed by atoms with van der Waals surface area (Å²) in [6.45, 7) is 16.2. The predicted octanol–water partition coefficient (Wildman–Crippen LogP) is 8.18. The van der Waals surface area contributed by atoms with Gasteiger partial charge in [0.05, 0.1) is 18.6 Å². The van der Waals surface area contributed by atoms with Crippen LogP contribution in [0.3, 0.4) is 0 Å². The predicted molar refractivity (Wildman–Crippen MR) is 182 cm³/mol. The highest BCUT2D eigenvalue weighted by Crippen LogP contribution is 2.75. The number of carbonyl (C=O) groups excluding carboxylic acids is 1. The van der Waals surface area contributed by atoms with Crippen LogP contribution in [0.5, 0.6) is 11.5 Å². The van der Waals surface area contributed by atoms with Gasteiger partial charge in [0, 0.05) is 11.5 Å². The van der Waals surface area contributed by atoms with E-state index in [1.807, 2.05) is 0 Å². The summed E-state index contributed by atoms with van der Waals surface area (Å²) in [7, 11) is 1.48. The number of ether oxygens (including phenoxy) is 2. The van der Waals surface area contributed by atoms with Gasteiger partial charge in [0.25, 0.3) is 0 Å². The van der Waals surface area contributed by atoms with Gasteiger partial charge in [0.1, 0.15) is 6.10 Å². The highest BCUT2D eigenvalue weighted by Gasteiger charge is 2.70. The second-order valence-corrected chi connectivity index (χ2v) is 17.9. The molecule has 6 rings (SSSR count). The molecule has 0 radical (unpaired) electrons. The van der Waals surface area contributed by atoms with Crippen LogP contribution >= 0.6 is 0 Å². The fourth-order valence-electron chi connectivity index (χ4n) is 12.1. The Morgan fingerprint density at radius 2 is 1.64 bits per heavy atom. The molecule has 258 valence electrons. The lowest BCUT2D eigenvalue weighted by molar-refractivity contribution is -0.238. The van der Waals surface area contributed by atoms with Gasteiger partial charge in [0.15, 0.2) is 11.5 Å². The molecule has 5 aliphatic carbocycles. The summed E-state index contributed by atoms with van der Waals surface area (Å²) in [6.07, 6.45) is 11.7. The van der Waals surface area contributed by atoms with Crippen LogP contribution < -0.4 is 4.74 Å². The first-order valence-electron chi connectivity index (χ1n) is 17.7. The summed E-state index contributed by atoms with van der Waals surface area (Å²) in [6, 6.07) is 4.86. The molecule has 0 aromatic heterocycles. The molecule has 3 N–H and O–H groups in total. The summed E-state index contributed by atoms with van der Waals surface area (Å²) in [4.78, 5) is 26.1. The Labute approximate surface area is 280 Å². The summed E-state index contributed by atoms with van der Waals surface area (Å²) in [5, 5.41) is 32.3. The van der Waals surface area contributed by atoms with E-state index in [-0.39, 0.29) is 39.2 Å². The number of rotatable bonds is 5. The molecule has 1 aromatic carbocycles. The third-order valence-corrected chi connectivity index (χ3v) is 14.8. The maximum atomic E-state index is 13.1. The van der Waals surface area contributed by atoms with Crippen LogP contribution in [0.25, 0.3) is 6.08 Å². The van der Waals surface area contributed by atoms with Crippen LogP contribution in [0.15, 0.2) is 35.9 Å². The molecular weight excluding hydrogens is 592 g/mol. The molecule has 0 aliphatic heterocycles. The molecule has 7 heteroatoms. The third kappa shape index (κ3) is 4.99. The molecule has 4 fully saturated rings. The summed E-state index contributed by atoms with van der Waals surface area (Å²) >= 11 is 0. The first-order chi connectivity index (χ1) is 21.8. The molecule has 4 saturated carbocycles. The first-order valence-corrected chi connectivity index (χ1v) is 17.7. The Hall–Kier alpha value is -2.80. The molecule has 5 aliphatic rings. The number of aliphatic hydroxyl groups excluding tert-OH is 1. The number of carboxylic acids is 1. The Morgan fingerprint density at radius 3 is 2.32 bits per heavy atom. The minimum absolute atomic E-state index is 0.0260. The smallest absolute Gasteiger partial charge is 0.331 e. The van der Waals surface area contributed by atoms with Crippen molar-refractivity contribution >= 4 is 18.0 Å². The number of aromatic hydroxyl groups is 1. The number of phenolic OH excluding ortho intramolecular Hbond substituents is 1. The molecule has 7 nitrogen and oxygen atoms in total. The van der Waals surface area contributed by atoms with Gasteiger partial charge in [-0.3, -0.25) is 4.79 Å². The number of fused-ring (bicyclic) bond motifs is 7. The van der Waals surface area contributed by atoms with Crippen LogP contribution in [0.4, 0.5) is 0 Å². The number of hydrogen-bond donors (Lipinski definition) is 3. The molecule has 9 atom stereocenters. The quantitative estimate of drug-likeness (QED) is 0.168. The molecule has 0 amide bonds. The molecule has 0 unspecified atom stereocenters. The van der Waals surface area contributed by atoms with Gasteiger partial charge in [-0.1, -0.05) is 66.2 Å². The van der Waals surface area contributed by atoms with Crippen LogP contribution in [-0.2, 0) is 14.3 Å². The second kappa shape index (κ2) is 11.1. The number of hydrogen-bond acceptors (Lipinski definition) is 6. The second-order valence-electron chi connectivity index (χ2n) is 17.9. The van der Waals surface area contributed by atoms with Gasteiger partial charge < -0.3 is 24.8 Å². The lowest BCUT2D eigenvalue weighted by Gasteiger charge is -2.71. The number of benzene rings is 1. The summed E-state index contributed by atoms with van der Waals surface area (Å²) in [5.41, 5.74) is 0.812. The fourth-order valence-corrected chi connectivity index (χ4v) is 12.1. The van der Waals surface area contributed by atoms with E-state index in [0.29, 0.717) is 23.7 Å². The number of esters is 1. The van der Waals surface area contributed by atoms with Crippen molar-refractivity contribution in [1.29, 1.82) is 0 Å². The van der Waals surface area contributed by atoms with E-state index in [0.717, 1.165) is 51.4 Å². The van der Waals surface area contributed by atoms with E-state index < -0.39 is 35.0 Å². The van der Waals surface area contributed by atoms with Crippen molar-refractivity contribution < 1.29 is 34.4 Å². The number of methoxy groups -OCH3 is 1. The largest absolute Gasteiger partial charge is 0.504 e. The molecule has 0 spiro atoms. The van der Waals surface area contributed by atoms with Crippen molar-refractivity contribution in [2.24, 2.45) is 50.2 Å². The normalized spacial score (nSPS) is 41.8. The standard InChI is InChI=1S/C40H56O7/c1-35(2)17-19-40(34(44)45)20-18-38(6)25(26(40)22-35)11-13-31-37(5)23-28(42)33(36(3,4)30(37)15-16-39(31,38)7)47-32(43)14-10-24-9-12-27(41)29(21-24)46-8/h9-12,14,21,26,28,30-31,33,41-42H,13,15-20,22-23H2,1-8H3,(H,44,45)/b14-10+/t26-,28+,30-,31+,33-,37-,38+,39+,40-/m1/s1. The number of carbonyl (C=O) groups is 2. The van der Waals surface area contributed by atoms with Gasteiger partial charge in [-0.05, 0) is 121 Å². The Bertz CT molecular complexity index is 1510. The number of aliphatic hydroxyl groups is 1. The van der Waals surface area contributed by atoms with Gasteiger partial charge in [-0.2, -0.15) is 0 Å². The van der Waals surface area contributed by atoms with Crippen molar-refractivity contribution in [3.8, 4) is 11.5 Å². The van der Waals surface area contributed by atoms with Crippen molar-refractivity contribution in [1.82, 2.24) is 0 Å². The van der Waals surface area contributed by atoms with Gasteiger partial charge in [-0.25, -0.2) is 4.79 Å². The number of allylic oxidation sites excluding steroid dienone is 2. The maximum absolute atomic E-state index is 13.1. The molecule has 1 aromatic rings. The van der Waals surface area contributed by atoms with E-state index in [1.54, 1.807) is 18.2 Å². The Kier molecular flexibility index (Phi) is 8.06. The van der Waals surface area contributed by atoms with Crippen molar-refractivity contribution in [2.75, 3.05) is 7.11 Å². The molecule has 0 bridgehead atoms. The van der Waals surface area contributed by atoms with Gasteiger partial charge in [0.2, 0.25) is 0 Å². The lowest BCUT2D eigenvalue weighted by atomic mass is 9.33. The van der Waals surface area contributed by atoms with Gasteiger partial charge >= 0.3 is 11.9 Å². The molecular formula is C40H56O7. The van der Waals surface area contributed by atoms with Crippen molar-refractivity contribution in [2.45, 2.75) is 118 Å². The average Bonchev–Trinajstić information content (AvgIpc) is 2.98. The SMILES string of the molecule is COc1cc(/C=C/C(=O)O[C@@H]2[C@@H](O)C[C@]3(C)[C@H](CC[C@@]4(C)[C@H]3CC=C3[C@H]5CC(C)(C)CC[C@@]5(C(=O)O)CC[C@@]34C)C2(C)C)ccc1O. The summed E-state index contributed by atoms with van der Waals surface area (Å²) < 4.78 is 11.3. The molecule has 0 heterocycles. The third-order valence-electron chi connectivity index (χ3n) is 14.8. The Balaban J connectivity index is 1.27. The van der Waals surface area contributed by atoms with Crippen LogP contribution in [0.1, 0.15) is 112 Å². The molecule has 47 heavy (non-hydrogen) atoms. The van der Waals surface area contributed by atoms with Crippen LogP contribution in [0.2, 0.25) is 0 Å². The Morgan fingerprint density at radius 1 is 0.936 bits per heavy atom. The van der Waals surface area contributed by atoms with Crippen LogP contribution in [-0.4, -0.2) is 46.6 Å². The zero-order chi connectivity index (χ0) is 34.4. The average molecular weight is 649 g/mol. The van der Waals surface area contributed by atoms with Crippen molar-refractivity contribution in [3.05, 3.63) is 41.5 Å². The first kappa shape index (κ1) is 34.1. The lowest BCUT2D eigenvalue weighted by Crippen LogP contribution is -2.67.